The molecule has 1 N–H and O–H groups in total. The Bertz CT molecular complexity index is 951. The normalized spacial score (nSPS) is 14.8. The maximum Gasteiger partial charge on any atom is 0.331 e. The van der Waals surface area contributed by atoms with Gasteiger partial charge in [0.2, 0.25) is 0 Å². The summed E-state index contributed by atoms with van der Waals surface area (Å²) < 4.78 is 16.5. The SMILES string of the molecule is CCOc1cc2c(cc1/C=C/C(=O)OCC(=O)NCc1ccccc1C)O[C@@H](C)C2. The molecule has 30 heavy (non-hydrogen) atoms. The minimum absolute atomic E-state index is 0.122. The van der Waals surface area contributed by atoms with Crippen molar-refractivity contribution in [2.45, 2.75) is 39.8 Å². The first-order chi connectivity index (χ1) is 14.5. The molecule has 0 fully saturated rings. The Morgan fingerprint density at radius 2 is 2.07 bits per heavy atom. The number of aryl methyl sites for hydroxylation is 1. The van der Waals surface area contributed by atoms with Crippen molar-refractivity contribution in [3.8, 4) is 11.5 Å². The largest absolute Gasteiger partial charge is 0.493 e. The van der Waals surface area contributed by atoms with Crippen LogP contribution >= 0.6 is 0 Å². The smallest absolute Gasteiger partial charge is 0.331 e. The molecule has 0 bridgehead atoms. The molecule has 1 atom stereocenters. The lowest BCUT2D eigenvalue weighted by Gasteiger charge is -2.10. The molecule has 0 saturated carbocycles. The second-order valence-corrected chi connectivity index (χ2v) is 7.21. The monoisotopic (exact) mass is 409 g/mol. The van der Waals surface area contributed by atoms with Crippen LogP contribution in [0.15, 0.2) is 42.5 Å². The summed E-state index contributed by atoms with van der Waals surface area (Å²) >= 11 is 0. The lowest BCUT2D eigenvalue weighted by atomic mass is 10.1. The summed E-state index contributed by atoms with van der Waals surface area (Å²) in [5, 5.41) is 2.75. The summed E-state index contributed by atoms with van der Waals surface area (Å²) in [6, 6.07) is 11.6. The highest BCUT2D eigenvalue weighted by molar-refractivity contribution is 5.89. The predicted molar refractivity (Wildman–Crippen MR) is 114 cm³/mol. The maximum atomic E-state index is 12.0. The van der Waals surface area contributed by atoms with Gasteiger partial charge in [0.05, 0.1) is 6.61 Å². The van der Waals surface area contributed by atoms with Crippen molar-refractivity contribution in [2.75, 3.05) is 13.2 Å². The van der Waals surface area contributed by atoms with Crippen LogP contribution in [-0.2, 0) is 27.3 Å². The van der Waals surface area contributed by atoms with E-state index in [2.05, 4.69) is 5.32 Å². The zero-order valence-electron chi connectivity index (χ0n) is 17.6. The fourth-order valence-corrected chi connectivity index (χ4v) is 3.26. The van der Waals surface area contributed by atoms with Crippen molar-refractivity contribution in [3.63, 3.8) is 0 Å². The first-order valence-corrected chi connectivity index (χ1v) is 10.1. The highest BCUT2D eigenvalue weighted by Crippen LogP contribution is 2.35. The van der Waals surface area contributed by atoms with Crippen LogP contribution in [0, 0.1) is 6.92 Å². The zero-order valence-corrected chi connectivity index (χ0v) is 17.6. The summed E-state index contributed by atoms with van der Waals surface area (Å²) in [6.45, 7) is 6.47. The molecular formula is C24H27NO5. The molecule has 1 aliphatic rings. The molecule has 1 heterocycles. The van der Waals surface area contributed by atoms with Crippen LogP contribution in [-0.4, -0.2) is 31.2 Å². The molecule has 3 rings (SSSR count). The second-order valence-electron chi connectivity index (χ2n) is 7.21. The Labute approximate surface area is 176 Å². The van der Waals surface area contributed by atoms with Crippen LogP contribution in [0.5, 0.6) is 11.5 Å². The van der Waals surface area contributed by atoms with Gasteiger partial charge in [-0.1, -0.05) is 24.3 Å². The Kier molecular flexibility index (Phi) is 7.12. The molecule has 0 saturated heterocycles. The number of esters is 1. The summed E-state index contributed by atoms with van der Waals surface area (Å²) in [6.07, 6.45) is 3.86. The van der Waals surface area contributed by atoms with E-state index >= 15 is 0 Å². The van der Waals surface area contributed by atoms with Crippen molar-refractivity contribution >= 4 is 18.0 Å². The van der Waals surface area contributed by atoms with Gasteiger partial charge in [-0.25, -0.2) is 4.79 Å². The Morgan fingerprint density at radius 3 is 2.83 bits per heavy atom. The number of ether oxygens (including phenoxy) is 3. The number of carbonyl (C=O) groups excluding carboxylic acids is 2. The van der Waals surface area contributed by atoms with Gasteiger partial charge in [0.25, 0.3) is 5.91 Å². The van der Waals surface area contributed by atoms with Crippen molar-refractivity contribution in [3.05, 3.63) is 64.7 Å². The first kappa shape index (κ1) is 21.4. The molecule has 1 amide bonds. The van der Waals surface area contributed by atoms with Crippen LogP contribution in [0.2, 0.25) is 0 Å². The standard InChI is InChI=1S/C24H27NO5/c1-4-28-21-13-20-11-17(3)30-22(20)12-18(21)9-10-24(27)29-15-23(26)25-14-19-8-6-5-7-16(19)2/h5-10,12-13,17H,4,11,14-15H2,1-3H3,(H,25,26)/b10-9+/t17-/m0/s1. The molecule has 0 unspecified atom stereocenters. The average molecular weight is 409 g/mol. The Hall–Kier alpha value is -3.28. The Balaban J connectivity index is 1.54. The first-order valence-electron chi connectivity index (χ1n) is 10.1. The Morgan fingerprint density at radius 1 is 1.27 bits per heavy atom. The molecule has 6 heteroatoms. The lowest BCUT2D eigenvalue weighted by Crippen LogP contribution is -2.28. The molecule has 0 aromatic heterocycles. The number of amides is 1. The van der Waals surface area contributed by atoms with Crippen molar-refractivity contribution in [1.29, 1.82) is 0 Å². The van der Waals surface area contributed by atoms with Crippen LogP contribution in [0.3, 0.4) is 0 Å². The second kappa shape index (κ2) is 9.96. The van der Waals surface area contributed by atoms with E-state index in [-0.39, 0.29) is 18.6 Å². The minimum atomic E-state index is -0.599. The van der Waals surface area contributed by atoms with E-state index in [1.165, 1.54) is 6.08 Å². The summed E-state index contributed by atoms with van der Waals surface area (Å²) in [5.41, 5.74) is 3.94. The lowest BCUT2D eigenvalue weighted by molar-refractivity contribution is -0.143. The quantitative estimate of drug-likeness (QED) is 0.533. The number of fused-ring (bicyclic) bond motifs is 1. The third kappa shape index (κ3) is 5.63. The van der Waals surface area contributed by atoms with Gasteiger partial charge < -0.3 is 19.5 Å². The third-order valence-electron chi connectivity index (χ3n) is 4.81. The molecule has 1 aliphatic heterocycles. The van der Waals surface area contributed by atoms with Gasteiger partial charge in [0.1, 0.15) is 17.6 Å². The molecule has 158 valence electrons. The van der Waals surface area contributed by atoms with Gasteiger partial charge in [0.15, 0.2) is 6.61 Å². The van der Waals surface area contributed by atoms with Crippen molar-refractivity contribution in [2.24, 2.45) is 0 Å². The van der Waals surface area contributed by atoms with Gasteiger partial charge in [-0.2, -0.15) is 0 Å². The van der Waals surface area contributed by atoms with E-state index < -0.39 is 5.97 Å². The van der Waals surface area contributed by atoms with E-state index in [1.54, 1.807) is 6.08 Å². The predicted octanol–water partition coefficient (Wildman–Crippen LogP) is 3.59. The number of benzene rings is 2. The van der Waals surface area contributed by atoms with Gasteiger partial charge in [-0.05, 0) is 50.1 Å². The summed E-state index contributed by atoms with van der Waals surface area (Å²) in [4.78, 5) is 24.0. The van der Waals surface area contributed by atoms with E-state index in [0.29, 0.717) is 18.9 Å². The number of hydrogen-bond acceptors (Lipinski definition) is 5. The fraction of sp³-hybridized carbons (Fsp3) is 0.333. The minimum Gasteiger partial charge on any atom is -0.493 e. The summed E-state index contributed by atoms with van der Waals surface area (Å²) in [5.74, 6) is 0.539. The van der Waals surface area contributed by atoms with E-state index in [1.807, 2.05) is 57.2 Å². The van der Waals surface area contributed by atoms with E-state index in [4.69, 9.17) is 14.2 Å². The van der Waals surface area contributed by atoms with Crippen LogP contribution in [0.4, 0.5) is 0 Å². The van der Waals surface area contributed by atoms with Gasteiger partial charge >= 0.3 is 5.97 Å². The van der Waals surface area contributed by atoms with Gasteiger partial charge in [-0.15, -0.1) is 0 Å². The highest BCUT2D eigenvalue weighted by atomic mass is 16.5. The van der Waals surface area contributed by atoms with E-state index in [9.17, 15) is 9.59 Å². The molecule has 2 aromatic carbocycles. The number of carbonyl (C=O) groups is 2. The number of nitrogens with one attached hydrogen (secondary N) is 1. The molecule has 0 aliphatic carbocycles. The number of rotatable bonds is 8. The van der Waals surface area contributed by atoms with Crippen molar-refractivity contribution in [1.82, 2.24) is 5.32 Å². The molecule has 0 radical (unpaired) electrons. The zero-order chi connectivity index (χ0) is 21.5. The molecule has 2 aromatic rings. The molecule has 6 nitrogen and oxygen atoms in total. The average Bonchev–Trinajstić information content (AvgIpc) is 3.09. The molecular weight excluding hydrogens is 382 g/mol. The van der Waals surface area contributed by atoms with Crippen LogP contribution in [0.25, 0.3) is 6.08 Å². The fourth-order valence-electron chi connectivity index (χ4n) is 3.26. The third-order valence-corrected chi connectivity index (χ3v) is 4.81. The van der Waals surface area contributed by atoms with E-state index in [0.717, 1.165) is 34.4 Å². The number of hydrogen-bond donors (Lipinski definition) is 1. The van der Waals surface area contributed by atoms with Gasteiger partial charge in [0, 0.05) is 30.2 Å². The topological polar surface area (TPSA) is 73.9 Å². The highest BCUT2D eigenvalue weighted by Gasteiger charge is 2.21. The maximum absolute atomic E-state index is 12.0. The van der Waals surface area contributed by atoms with Gasteiger partial charge in [-0.3, -0.25) is 4.79 Å². The van der Waals surface area contributed by atoms with Crippen LogP contribution in [0.1, 0.15) is 36.1 Å². The van der Waals surface area contributed by atoms with Crippen LogP contribution < -0.4 is 14.8 Å². The summed E-state index contributed by atoms with van der Waals surface area (Å²) in [7, 11) is 0. The van der Waals surface area contributed by atoms with Crippen molar-refractivity contribution < 1.29 is 23.8 Å². The molecule has 0 spiro atoms.